The van der Waals surface area contributed by atoms with E-state index in [2.05, 4.69) is 15.9 Å². The number of ether oxygens (including phenoxy) is 1. The smallest absolute Gasteiger partial charge is 0.310 e. The highest BCUT2D eigenvalue weighted by Crippen LogP contribution is 2.29. The first-order valence-electron chi connectivity index (χ1n) is 5.64. The van der Waals surface area contributed by atoms with E-state index in [1.165, 1.54) is 18.4 Å². The number of likely N-dealkylation sites (tertiary alicyclic amines) is 1. The van der Waals surface area contributed by atoms with Crippen molar-refractivity contribution in [2.45, 2.75) is 6.92 Å². The van der Waals surface area contributed by atoms with Crippen LogP contribution in [0.5, 0.6) is 0 Å². The summed E-state index contributed by atoms with van der Waals surface area (Å²) in [6, 6.07) is 1.86. The van der Waals surface area contributed by atoms with Gasteiger partial charge in [-0.05, 0) is 33.3 Å². The van der Waals surface area contributed by atoms with E-state index in [-0.39, 0.29) is 23.7 Å². The van der Waals surface area contributed by atoms with Crippen LogP contribution in [0.25, 0.3) is 0 Å². The Morgan fingerprint density at radius 2 is 2.22 bits per heavy atom. The Hall–Kier alpha value is -0.880. The molecule has 1 aliphatic heterocycles. The SMILES string of the molecule is COC(=O)C1CN(C(=O)c2sccc2Br)CC1C. The number of hydrogen-bond donors (Lipinski definition) is 0. The van der Waals surface area contributed by atoms with Crippen molar-refractivity contribution in [1.29, 1.82) is 0 Å². The van der Waals surface area contributed by atoms with Crippen LogP contribution >= 0.6 is 27.3 Å². The lowest BCUT2D eigenvalue weighted by molar-refractivity contribution is -0.145. The molecular formula is C12H14BrNO3S. The van der Waals surface area contributed by atoms with Crippen LogP contribution in [0.15, 0.2) is 15.9 Å². The van der Waals surface area contributed by atoms with E-state index in [0.29, 0.717) is 18.0 Å². The summed E-state index contributed by atoms with van der Waals surface area (Å²) in [6.07, 6.45) is 0. The first-order valence-corrected chi connectivity index (χ1v) is 7.32. The lowest BCUT2D eigenvalue weighted by atomic mass is 9.99. The molecule has 1 fully saturated rings. The van der Waals surface area contributed by atoms with Crippen molar-refractivity contribution in [3.63, 3.8) is 0 Å². The van der Waals surface area contributed by atoms with E-state index in [0.717, 1.165) is 4.47 Å². The Balaban J connectivity index is 2.11. The maximum atomic E-state index is 12.3. The van der Waals surface area contributed by atoms with Gasteiger partial charge in [0.2, 0.25) is 0 Å². The fourth-order valence-corrected chi connectivity index (χ4v) is 3.69. The number of hydrogen-bond acceptors (Lipinski definition) is 4. The summed E-state index contributed by atoms with van der Waals surface area (Å²) in [6.45, 7) is 3.01. The Bertz CT molecular complexity index is 474. The molecule has 4 nitrogen and oxygen atoms in total. The lowest BCUT2D eigenvalue weighted by Crippen LogP contribution is -2.29. The topological polar surface area (TPSA) is 46.6 Å². The average molecular weight is 332 g/mol. The number of methoxy groups -OCH3 is 1. The molecule has 2 rings (SSSR count). The van der Waals surface area contributed by atoms with Gasteiger partial charge in [0.05, 0.1) is 13.0 Å². The van der Waals surface area contributed by atoms with E-state index in [1.807, 2.05) is 18.4 Å². The molecule has 0 aromatic carbocycles. The summed E-state index contributed by atoms with van der Waals surface area (Å²) < 4.78 is 5.58. The van der Waals surface area contributed by atoms with Gasteiger partial charge in [-0.15, -0.1) is 11.3 Å². The van der Waals surface area contributed by atoms with E-state index < -0.39 is 0 Å². The van der Waals surface area contributed by atoms with Gasteiger partial charge in [0.25, 0.3) is 5.91 Å². The number of amides is 1. The van der Waals surface area contributed by atoms with Crippen LogP contribution in [0.3, 0.4) is 0 Å². The summed E-state index contributed by atoms with van der Waals surface area (Å²) >= 11 is 4.76. The number of thiophene rings is 1. The fourth-order valence-electron chi connectivity index (χ4n) is 2.18. The second-order valence-electron chi connectivity index (χ2n) is 4.41. The largest absolute Gasteiger partial charge is 0.469 e. The van der Waals surface area contributed by atoms with Crippen LogP contribution in [0.2, 0.25) is 0 Å². The normalized spacial score (nSPS) is 23.2. The summed E-state index contributed by atoms with van der Waals surface area (Å²) in [4.78, 5) is 26.3. The molecule has 0 bridgehead atoms. The number of rotatable bonds is 2. The Morgan fingerprint density at radius 1 is 1.50 bits per heavy atom. The zero-order chi connectivity index (χ0) is 13.3. The molecule has 1 aromatic rings. The molecule has 1 saturated heterocycles. The maximum Gasteiger partial charge on any atom is 0.310 e. The van der Waals surface area contributed by atoms with Crippen molar-refractivity contribution in [3.05, 3.63) is 20.8 Å². The van der Waals surface area contributed by atoms with Crippen LogP contribution in [0, 0.1) is 11.8 Å². The van der Waals surface area contributed by atoms with E-state index in [9.17, 15) is 9.59 Å². The molecule has 0 aliphatic carbocycles. The summed E-state index contributed by atoms with van der Waals surface area (Å²) in [5, 5.41) is 1.87. The van der Waals surface area contributed by atoms with Gasteiger partial charge in [-0.25, -0.2) is 0 Å². The summed E-state index contributed by atoms with van der Waals surface area (Å²) in [7, 11) is 1.38. The van der Waals surface area contributed by atoms with Gasteiger partial charge in [-0.1, -0.05) is 6.92 Å². The molecule has 2 atom stereocenters. The van der Waals surface area contributed by atoms with Crippen molar-refractivity contribution in [3.8, 4) is 0 Å². The van der Waals surface area contributed by atoms with Crippen LogP contribution in [0.4, 0.5) is 0 Å². The summed E-state index contributed by atoms with van der Waals surface area (Å²) in [5.74, 6) is -0.323. The number of esters is 1. The second kappa shape index (κ2) is 5.40. The first-order chi connectivity index (χ1) is 8.54. The molecule has 18 heavy (non-hydrogen) atoms. The number of nitrogens with zero attached hydrogens (tertiary/aromatic N) is 1. The molecule has 2 heterocycles. The van der Waals surface area contributed by atoms with Gasteiger partial charge < -0.3 is 9.64 Å². The predicted octanol–water partition coefficient (Wildman–Crippen LogP) is 2.39. The molecule has 0 N–H and O–H groups in total. The van der Waals surface area contributed by atoms with Crippen LogP contribution in [-0.2, 0) is 9.53 Å². The Kier molecular flexibility index (Phi) is 4.07. The Labute approximate surface area is 118 Å². The van der Waals surface area contributed by atoms with Crippen LogP contribution < -0.4 is 0 Å². The third-order valence-electron chi connectivity index (χ3n) is 3.21. The molecular weight excluding hydrogens is 318 g/mol. The van der Waals surface area contributed by atoms with Gasteiger partial charge in [0.15, 0.2) is 0 Å². The molecule has 0 radical (unpaired) electrons. The molecule has 1 amide bonds. The van der Waals surface area contributed by atoms with Gasteiger partial charge in [0, 0.05) is 17.6 Å². The highest BCUT2D eigenvalue weighted by molar-refractivity contribution is 9.10. The van der Waals surface area contributed by atoms with Gasteiger partial charge in [-0.2, -0.15) is 0 Å². The van der Waals surface area contributed by atoms with Crippen LogP contribution in [-0.4, -0.2) is 37.0 Å². The van der Waals surface area contributed by atoms with Crippen LogP contribution in [0.1, 0.15) is 16.6 Å². The molecule has 0 saturated carbocycles. The van der Waals surface area contributed by atoms with Crippen molar-refractivity contribution in [1.82, 2.24) is 4.90 Å². The maximum absolute atomic E-state index is 12.3. The van der Waals surface area contributed by atoms with Gasteiger partial charge in [0.1, 0.15) is 4.88 Å². The second-order valence-corrected chi connectivity index (χ2v) is 6.19. The number of carbonyl (C=O) groups is 2. The Morgan fingerprint density at radius 3 is 2.78 bits per heavy atom. The zero-order valence-electron chi connectivity index (χ0n) is 10.2. The molecule has 0 spiro atoms. The van der Waals surface area contributed by atoms with Crippen molar-refractivity contribution < 1.29 is 14.3 Å². The molecule has 1 aromatic heterocycles. The minimum absolute atomic E-state index is 0.0184. The number of halogens is 1. The summed E-state index contributed by atoms with van der Waals surface area (Å²) in [5.41, 5.74) is 0. The van der Waals surface area contributed by atoms with E-state index >= 15 is 0 Å². The lowest BCUT2D eigenvalue weighted by Gasteiger charge is -2.15. The quantitative estimate of drug-likeness (QED) is 0.782. The third kappa shape index (κ3) is 2.44. The molecule has 6 heteroatoms. The first kappa shape index (κ1) is 13.5. The molecule has 1 aliphatic rings. The zero-order valence-corrected chi connectivity index (χ0v) is 12.6. The van der Waals surface area contributed by atoms with Gasteiger partial charge >= 0.3 is 5.97 Å². The minimum atomic E-state index is -0.233. The number of carbonyl (C=O) groups excluding carboxylic acids is 2. The average Bonchev–Trinajstić information content (AvgIpc) is 2.93. The monoisotopic (exact) mass is 331 g/mol. The third-order valence-corrected chi connectivity index (χ3v) is 5.04. The van der Waals surface area contributed by atoms with Crippen molar-refractivity contribution in [2.24, 2.45) is 11.8 Å². The standard InChI is InChI=1S/C12H14BrNO3S/c1-7-5-14(6-8(7)12(16)17-2)11(15)10-9(13)3-4-18-10/h3-4,7-8H,5-6H2,1-2H3. The van der Waals surface area contributed by atoms with Crippen molar-refractivity contribution >= 4 is 39.1 Å². The molecule has 98 valence electrons. The molecule has 2 unspecified atom stereocenters. The highest BCUT2D eigenvalue weighted by Gasteiger charge is 2.38. The highest BCUT2D eigenvalue weighted by atomic mass is 79.9. The van der Waals surface area contributed by atoms with Gasteiger partial charge in [-0.3, -0.25) is 9.59 Å². The fraction of sp³-hybridized carbons (Fsp3) is 0.500. The van der Waals surface area contributed by atoms with Crippen molar-refractivity contribution in [2.75, 3.05) is 20.2 Å². The van der Waals surface area contributed by atoms with E-state index in [4.69, 9.17) is 4.74 Å². The van der Waals surface area contributed by atoms with E-state index in [1.54, 1.807) is 4.90 Å². The predicted molar refractivity (Wildman–Crippen MR) is 72.6 cm³/mol. The minimum Gasteiger partial charge on any atom is -0.469 e.